The number of aromatic nitrogens is 1. The van der Waals surface area contributed by atoms with Crippen molar-refractivity contribution in [1.82, 2.24) is 10.3 Å². The summed E-state index contributed by atoms with van der Waals surface area (Å²) in [5.41, 5.74) is 3.00. The Labute approximate surface area is 93.2 Å². The van der Waals surface area contributed by atoms with E-state index < -0.39 is 0 Å². The predicted octanol–water partition coefficient (Wildman–Crippen LogP) is 1.24. The lowest BCUT2D eigenvalue weighted by molar-refractivity contribution is 0.365. The fraction of sp³-hybridized carbons (Fsp3) is 0.417. The van der Waals surface area contributed by atoms with Gasteiger partial charge in [0.15, 0.2) is 5.58 Å². The zero-order valence-corrected chi connectivity index (χ0v) is 8.89. The van der Waals surface area contributed by atoms with Gasteiger partial charge in [-0.2, -0.15) is 0 Å². The molecule has 0 radical (unpaired) electrons. The van der Waals surface area contributed by atoms with Gasteiger partial charge in [0.2, 0.25) is 0 Å². The van der Waals surface area contributed by atoms with E-state index in [0.717, 1.165) is 36.7 Å². The van der Waals surface area contributed by atoms with Crippen molar-refractivity contribution in [2.75, 3.05) is 24.5 Å². The molecule has 0 spiro atoms. The first-order valence-electron chi connectivity index (χ1n) is 5.72. The Morgan fingerprint density at radius 2 is 2.44 bits per heavy atom. The Morgan fingerprint density at radius 3 is 3.38 bits per heavy atom. The Morgan fingerprint density at radius 1 is 1.44 bits per heavy atom. The van der Waals surface area contributed by atoms with Gasteiger partial charge in [-0.15, -0.1) is 0 Å². The highest BCUT2D eigenvalue weighted by molar-refractivity contribution is 5.76. The molecule has 16 heavy (non-hydrogen) atoms. The lowest BCUT2D eigenvalue weighted by Gasteiger charge is -2.45. The summed E-state index contributed by atoms with van der Waals surface area (Å²) in [6.45, 7) is 3.41. The van der Waals surface area contributed by atoms with E-state index in [1.165, 1.54) is 5.69 Å². The summed E-state index contributed by atoms with van der Waals surface area (Å²) in [6.07, 6.45) is 3.64. The maximum absolute atomic E-state index is 5.38. The van der Waals surface area contributed by atoms with Gasteiger partial charge in [0.05, 0.1) is 18.1 Å². The molecule has 4 rings (SSSR count). The van der Waals surface area contributed by atoms with Gasteiger partial charge in [-0.05, 0) is 0 Å². The SMILES string of the molecule is c1cc2ncc(N3CC4CNCC43)cc2o1. The minimum Gasteiger partial charge on any atom is -0.463 e. The van der Waals surface area contributed by atoms with Crippen molar-refractivity contribution < 1.29 is 4.42 Å². The molecule has 2 fully saturated rings. The summed E-state index contributed by atoms with van der Waals surface area (Å²) in [6, 6.07) is 4.65. The number of nitrogens with one attached hydrogen (secondary N) is 1. The highest BCUT2D eigenvalue weighted by Crippen LogP contribution is 2.33. The minimum atomic E-state index is 0.661. The van der Waals surface area contributed by atoms with Gasteiger partial charge in [-0.1, -0.05) is 0 Å². The van der Waals surface area contributed by atoms with E-state index in [0.29, 0.717) is 6.04 Å². The topological polar surface area (TPSA) is 41.3 Å². The third-order valence-electron chi connectivity index (χ3n) is 3.76. The van der Waals surface area contributed by atoms with Crippen molar-refractivity contribution in [3.05, 3.63) is 24.6 Å². The maximum Gasteiger partial charge on any atom is 0.154 e. The standard InChI is InChI=1S/C12H13N3O/c1-2-16-12-3-9(5-14-10(1)12)15-7-8-4-13-6-11(8)15/h1-3,5,8,11,13H,4,6-7H2. The third kappa shape index (κ3) is 1.05. The quantitative estimate of drug-likeness (QED) is 0.777. The first-order valence-corrected chi connectivity index (χ1v) is 5.72. The molecule has 4 heteroatoms. The van der Waals surface area contributed by atoms with Crippen LogP contribution in [0.1, 0.15) is 0 Å². The zero-order valence-electron chi connectivity index (χ0n) is 8.89. The van der Waals surface area contributed by atoms with Gasteiger partial charge >= 0.3 is 0 Å². The van der Waals surface area contributed by atoms with Crippen LogP contribution in [0.2, 0.25) is 0 Å². The van der Waals surface area contributed by atoms with E-state index in [1.54, 1.807) is 6.26 Å². The Hall–Kier alpha value is -1.55. The molecular weight excluding hydrogens is 202 g/mol. The molecular formula is C12H13N3O. The molecule has 2 unspecified atom stereocenters. The highest BCUT2D eigenvalue weighted by atomic mass is 16.3. The van der Waals surface area contributed by atoms with Gasteiger partial charge in [0.1, 0.15) is 5.52 Å². The van der Waals surface area contributed by atoms with Crippen LogP contribution in [0, 0.1) is 5.92 Å². The van der Waals surface area contributed by atoms with Crippen molar-refractivity contribution in [3.63, 3.8) is 0 Å². The second-order valence-electron chi connectivity index (χ2n) is 4.64. The smallest absolute Gasteiger partial charge is 0.154 e. The van der Waals surface area contributed by atoms with Gasteiger partial charge in [0.25, 0.3) is 0 Å². The fourth-order valence-electron chi connectivity index (χ4n) is 2.81. The monoisotopic (exact) mass is 215 g/mol. The van der Waals surface area contributed by atoms with E-state index >= 15 is 0 Å². The van der Waals surface area contributed by atoms with Gasteiger partial charge in [-0.3, -0.25) is 4.98 Å². The van der Waals surface area contributed by atoms with Crippen molar-refractivity contribution in [3.8, 4) is 0 Å². The minimum absolute atomic E-state index is 0.661. The molecule has 4 heterocycles. The molecule has 82 valence electrons. The molecule has 2 aromatic heterocycles. The van der Waals surface area contributed by atoms with Crippen LogP contribution in [0.15, 0.2) is 29.0 Å². The van der Waals surface area contributed by atoms with Crippen LogP contribution in [0.3, 0.4) is 0 Å². The summed E-state index contributed by atoms with van der Waals surface area (Å²) >= 11 is 0. The first-order chi connectivity index (χ1) is 7.92. The lowest BCUT2D eigenvalue weighted by atomic mass is 9.91. The average molecular weight is 215 g/mol. The Kier molecular flexibility index (Phi) is 1.60. The number of pyridine rings is 1. The van der Waals surface area contributed by atoms with E-state index in [9.17, 15) is 0 Å². The lowest BCUT2D eigenvalue weighted by Crippen LogP contribution is -2.55. The van der Waals surface area contributed by atoms with Gasteiger partial charge < -0.3 is 14.6 Å². The molecule has 4 nitrogen and oxygen atoms in total. The van der Waals surface area contributed by atoms with Crippen molar-refractivity contribution in [1.29, 1.82) is 0 Å². The molecule has 0 aliphatic carbocycles. The van der Waals surface area contributed by atoms with E-state index in [2.05, 4.69) is 21.3 Å². The van der Waals surface area contributed by atoms with Crippen molar-refractivity contribution in [2.45, 2.75) is 6.04 Å². The summed E-state index contributed by atoms with van der Waals surface area (Å²) in [5, 5.41) is 3.43. The Bertz CT molecular complexity index is 536. The van der Waals surface area contributed by atoms with Gasteiger partial charge in [-0.25, -0.2) is 0 Å². The fourth-order valence-corrected chi connectivity index (χ4v) is 2.81. The molecule has 0 bridgehead atoms. The molecule has 0 aromatic carbocycles. The number of fused-ring (bicyclic) bond motifs is 2. The first kappa shape index (κ1) is 8.58. The average Bonchev–Trinajstić information content (AvgIpc) is 2.85. The predicted molar refractivity (Wildman–Crippen MR) is 61.5 cm³/mol. The normalized spacial score (nSPS) is 28.1. The molecule has 2 atom stereocenters. The maximum atomic E-state index is 5.38. The molecule has 0 saturated carbocycles. The largest absolute Gasteiger partial charge is 0.463 e. The number of nitrogens with zero attached hydrogens (tertiary/aromatic N) is 2. The van der Waals surface area contributed by atoms with Crippen LogP contribution in [0.5, 0.6) is 0 Å². The zero-order chi connectivity index (χ0) is 10.5. The molecule has 2 aliphatic heterocycles. The summed E-state index contributed by atoms with van der Waals surface area (Å²) in [5.74, 6) is 0.826. The number of hydrogen-bond donors (Lipinski definition) is 1. The molecule has 2 aromatic rings. The van der Waals surface area contributed by atoms with Crippen LogP contribution in [-0.4, -0.2) is 30.7 Å². The van der Waals surface area contributed by atoms with Gasteiger partial charge in [0, 0.05) is 43.7 Å². The molecule has 1 N–H and O–H groups in total. The van der Waals surface area contributed by atoms with Crippen LogP contribution >= 0.6 is 0 Å². The number of rotatable bonds is 1. The van der Waals surface area contributed by atoms with Crippen molar-refractivity contribution in [2.24, 2.45) is 5.92 Å². The van der Waals surface area contributed by atoms with E-state index in [4.69, 9.17) is 4.42 Å². The van der Waals surface area contributed by atoms with Crippen LogP contribution in [0.4, 0.5) is 5.69 Å². The number of anilines is 1. The van der Waals surface area contributed by atoms with E-state index in [1.807, 2.05) is 12.3 Å². The number of hydrogen-bond acceptors (Lipinski definition) is 4. The molecule has 2 saturated heterocycles. The van der Waals surface area contributed by atoms with Crippen LogP contribution in [0.25, 0.3) is 11.1 Å². The highest BCUT2D eigenvalue weighted by Gasteiger charge is 2.42. The molecule has 2 aliphatic rings. The second kappa shape index (κ2) is 2.98. The number of furan rings is 1. The molecule has 0 amide bonds. The second-order valence-corrected chi connectivity index (χ2v) is 4.64. The van der Waals surface area contributed by atoms with Crippen LogP contribution in [-0.2, 0) is 0 Å². The van der Waals surface area contributed by atoms with Crippen molar-refractivity contribution >= 4 is 16.8 Å². The van der Waals surface area contributed by atoms with Crippen LogP contribution < -0.4 is 10.2 Å². The summed E-state index contributed by atoms with van der Waals surface area (Å²) < 4.78 is 5.38. The van der Waals surface area contributed by atoms with E-state index in [-0.39, 0.29) is 0 Å². The summed E-state index contributed by atoms with van der Waals surface area (Å²) in [4.78, 5) is 6.82. The Balaban J connectivity index is 1.71. The summed E-state index contributed by atoms with van der Waals surface area (Å²) in [7, 11) is 0. The third-order valence-corrected chi connectivity index (χ3v) is 3.76.